The molecule has 1 heterocycles. The Morgan fingerprint density at radius 3 is 2.70 bits per heavy atom. The zero-order valence-electron chi connectivity index (χ0n) is 10.9. The highest BCUT2D eigenvalue weighted by Crippen LogP contribution is 2.35. The van der Waals surface area contributed by atoms with Gasteiger partial charge in [0.05, 0.1) is 18.8 Å². The van der Waals surface area contributed by atoms with E-state index in [0.717, 1.165) is 10.9 Å². The summed E-state index contributed by atoms with van der Waals surface area (Å²) in [5, 5.41) is 8.89. The van der Waals surface area contributed by atoms with Crippen molar-refractivity contribution in [2.45, 2.75) is 0 Å². The average molecular weight is 267 g/mol. The first-order chi connectivity index (χ1) is 9.78. The molecular formula is C15H13N3O2. The second-order valence-electron chi connectivity index (χ2n) is 4.24. The molecule has 0 atom stereocenters. The third-order valence-electron chi connectivity index (χ3n) is 2.92. The lowest BCUT2D eigenvalue weighted by atomic mass is 10.2. The zero-order chi connectivity index (χ0) is 13.9. The molecule has 0 fully saturated rings. The molecule has 0 saturated heterocycles. The van der Waals surface area contributed by atoms with E-state index in [1.165, 1.54) is 0 Å². The van der Waals surface area contributed by atoms with Gasteiger partial charge in [0.1, 0.15) is 0 Å². The van der Waals surface area contributed by atoms with E-state index >= 15 is 0 Å². The van der Waals surface area contributed by atoms with Gasteiger partial charge in [0.25, 0.3) is 0 Å². The molecule has 0 spiro atoms. The minimum absolute atomic E-state index is 0.575. The van der Waals surface area contributed by atoms with Crippen LogP contribution < -0.4 is 15.2 Å². The Hall–Kier alpha value is -2.82. The molecule has 5 heteroatoms. The van der Waals surface area contributed by atoms with Crippen LogP contribution in [-0.4, -0.2) is 17.3 Å². The molecule has 5 nitrogen and oxygen atoms in total. The van der Waals surface area contributed by atoms with Crippen molar-refractivity contribution in [3.63, 3.8) is 0 Å². The molecule has 0 unspecified atom stereocenters. The van der Waals surface area contributed by atoms with Crippen LogP contribution in [0.5, 0.6) is 17.2 Å². The number of methoxy groups -OCH3 is 1. The van der Waals surface area contributed by atoms with Crippen LogP contribution in [0.4, 0.5) is 5.69 Å². The molecule has 0 amide bonds. The quantitative estimate of drug-likeness (QED) is 0.739. The standard InChI is InChI=1S/C15H13N3O2/c1-19-14-8-10(16)6-7-13(14)20-15-9-17-18-12-5-3-2-4-11(12)15/h2-9H,16H2,1H3. The van der Waals surface area contributed by atoms with Crippen LogP contribution in [0.15, 0.2) is 48.7 Å². The zero-order valence-corrected chi connectivity index (χ0v) is 10.9. The molecule has 20 heavy (non-hydrogen) atoms. The van der Waals surface area contributed by atoms with Gasteiger partial charge in [-0.05, 0) is 24.3 Å². The summed E-state index contributed by atoms with van der Waals surface area (Å²) in [6, 6.07) is 12.9. The predicted molar refractivity (Wildman–Crippen MR) is 77.0 cm³/mol. The average Bonchev–Trinajstić information content (AvgIpc) is 2.49. The molecular weight excluding hydrogens is 254 g/mol. The van der Waals surface area contributed by atoms with E-state index in [0.29, 0.717) is 22.9 Å². The fraction of sp³-hybridized carbons (Fsp3) is 0.0667. The lowest BCUT2D eigenvalue weighted by molar-refractivity contribution is 0.380. The number of benzene rings is 2. The van der Waals surface area contributed by atoms with Crippen molar-refractivity contribution in [2.24, 2.45) is 0 Å². The second-order valence-corrected chi connectivity index (χ2v) is 4.24. The lowest BCUT2D eigenvalue weighted by Gasteiger charge is -2.11. The van der Waals surface area contributed by atoms with Crippen LogP contribution in [0.1, 0.15) is 0 Å². The van der Waals surface area contributed by atoms with E-state index < -0.39 is 0 Å². The van der Waals surface area contributed by atoms with E-state index in [9.17, 15) is 0 Å². The van der Waals surface area contributed by atoms with Crippen molar-refractivity contribution in [3.05, 3.63) is 48.7 Å². The number of hydrogen-bond acceptors (Lipinski definition) is 5. The van der Waals surface area contributed by atoms with Crippen LogP contribution in [0.2, 0.25) is 0 Å². The number of anilines is 1. The molecule has 0 aliphatic rings. The summed E-state index contributed by atoms with van der Waals surface area (Å²) in [4.78, 5) is 0. The van der Waals surface area contributed by atoms with Gasteiger partial charge in [-0.2, -0.15) is 10.2 Å². The first kappa shape index (κ1) is 12.2. The Bertz CT molecular complexity index is 754. The van der Waals surface area contributed by atoms with Crippen molar-refractivity contribution in [3.8, 4) is 17.2 Å². The summed E-state index contributed by atoms with van der Waals surface area (Å²) >= 11 is 0. The van der Waals surface area contributed by atoms with Gasteiger partial charge in [-0.15, -0.1) is 0 Å². The Labute approximate surface area is 116 Å². The molecule has 0 radical (unpaired) electrons. The second kappa shape index (κ2) is 5.05. The van der Waals surface area contributed by atoms with Gasteiger partial charge in [0.2, 0.25) is 0 Å². The molecule has 3 aromatic rings. The summed E-state index contributed by atoms with van der Waals surface area (Å²) in [6.45, 7) is 0. The van der Waals surface area contributed by atoms with Gasteiger partial charge in [0.15, 0.2) is 17.2 Å². The van der Waals surface area contributed by atoms with Crippen LogP contribution in [0.3, 0.4) is 0 Å². The van der Waals surface area contributed by atoms with E-state index in [4.69, 9.17) is 15.2 Å². The van der Waals surface area contributed by atoms with Crippen LogP contribution >= 0.6 is 0 Å². The Kier molecular flexibility index (Phi) is 3.09. The maximum atomic E-state index is 5.89. The van der Waals surface area contributed by atoms with Crippen molar-refractivity contribution in [1.29, 1.82) is 0 Å². The lowest BCUT2D eigenvalue weighted by Crippen LogP contribution is -1.94. The molecule has 0 bridgehead atoms. The van der Waals surface area contributed by atoms with Gasteiger partial charge in [-0.1, -0.05) is 12.1 Å². The molecule has 2 N–H and O–H groups in total. The number of ether oxygens (including phenoxy) is 2. The minimum atomic E-state index is 0.575. The first-order valence-electron chi connectivity index (χ1n) is 6.10. The van der Waals surface area contributed by atoms with Gasteiger partial charge < -0.3 is 15.2 Å². The number of nitrogens with zero attached hydrogens (tertiary/aromatic N) is 2. The van der Waals surface area contributed by atoms with E-state index in [2.05, 4.69) is 10.2 Å². The highest BCUT2D eigenvalue weighted by molar-refractivity contribution is 5.84. The Balaban J connectivity index is 2.05. The molecule has 100 valence electrons. The van der Waals surface area contributed by atoms with E-state index in [-0.39, 0.29) is 0 Å². The van der Waals surface area contributed by atoms with Crippen LogP contribution in [-0.2, 0) is 0 Å². The first-order valence-corrected chi connectivity index (χ1v) is 6.10. The van der Waals surface area contributed by atoms with Gasteiger partial charge in [0, 0.05) is 17.1 Å². The summed E-state index contributed by atoms with van der Waals surface area (Å²) in [5.74, 6) is 1.78. The molecule has 2 aromatic carbocycles. The summed E-state index contributed by atoms with van der Waals surface area (Å²) in [6.07, 6.45) is 1.58. The third-order valence-corrected chi connectivity index (χ3v) is 2.92. The number of rotatable bonds is 3. The molecule has 0 aliphatic carbocycles. The maximum absolute atomic E-state index is 5.89. The van der Waals surface area contributed by atoms with E-state index in [1.54, 1.807) is 31.5 Å². The van der Waals surface area contributed by atoms with Crippen LogP contribution in [0, 0.1) is 0 Å². The smallest absolute Gasteiger partial charge is 0.169 e. The fourth-order valence-electron chi connectivity index (χ4n) is 1.95. The normalized spacial score (nSPS) is 10.4. The molecule has 0 aliphatic heterocycles. The van der Waals surface area contributed by atoms with Crippen molar-refractivity contribution >= 4 is 16.6 Å². The monoisotopic (exact) mass is 267 g/mol. The van der Waals surface area contributed by atoms with Crippen molar-refractivity contribution < 1.29 is 9.47 Å². The molecule has 0 saturated carbocycles. The van der Waals surface area contributed by atoms with Crippen molar-refractivity contribution in [2.75, 3.05) is 12.8 Å². The number of fused-ring (bicyclic) bond motifs is 1. The third kappa shape index (κ3) is 2.21. The Morgan fingerprint density at radius 1 is 1.00 bits per heavy atom. The maximum Gasteiger partial charge on any atom is 0.169 e. The summed E-state index contributed by atoms with van der Waals surface area (Å²) in [5.41, 5.74) is 7.12. The number of nitrogens with two attached hydrogens (primary N) is 1. The predicted octanol–water partition coefficient (Wildman–Crippen LogP) is 3.01. The van der Waals surface area contributed by atoms with Gasteiger partial charge >= 0.3 is 0 Å². The fourth-order valence-corrected chi connectivity index (χ4v) is 1.95. The van der Waals surface area contributed by atoms with E-state index in [1.807, 2.05) is 24.3 Å². The summed E-state index contributed by atoms with van der Waals surface area (Å²) < 4.78 is 11.2. The summed E-state index contributed by atoms with van der Waals surface area (Å²) in [7, 11) is 1.57. The number of nitrogen functional groups attached to an aromatic ring is 1. The van der Waals surface area contributed by atoms with Gasteiger partial charge in [-0.3, -0.25) is 0 Å². The molecule has 1 aromatic heterocycles. The largest absolute Gasteiger partial charge is 0.493 e. The minimum Gasteiger partial charge on any atom is -0.493 e. The topological polar surface area (TPSA) is 70.3 Å². The SMILES string of the molecule is COc1cc(N)ccc1Oc1cnnc2ccccc12. The van der Waals surface area contributed by atoms with Crippen molar-refractivity contribution in [1.82, 2.24) is 10.2 Å². The van der Waals surface area contributed by atoms with Gasteiger partial charge in [-0.25, -0.2) is 0 Å². The number of hydrogen-bond donors (Lipinski definition) is 1. The highest BCUT2D eigenvalue weighted by Gasteiger charge is 2.09. The van der Waals surface area contributed by atoms with Crippen LogP contribution in [0.25, 0.3) is 10.9 Å². The Morgan fingerprint density at radius 2 is 1.85 bits per heavy atom. The highest BCUT2D eigenvalue weighted by atomic mass is 16.5. The molecule has 3 rings (SSSR count). The number of aromatic nitrogens is 2.